The molecule has 0 saturated heterocycles. The largest absolute Gasteiger partial charge is 0.360 e. The fourth-order valence-corrected chi connectivity index (χ4v) is 3.10. The lowest BCUT2D eigenvalue weighted by atomic mass is 10.1. The molecular formula is C17H27N3OSi. The number of hydrogen-bond acceptors (Lipinski definition) is 3. The molecule has 2 rings (SSSR count). The van der Waals surface area contributed by atoms with E-state index in [1.807, 2.05) is 24.7 Å². The van der Waals surface area contributed by atoms with Gasteiger partial charge in [0, 0.05) is 32.1 Å². The van der Waals surface area contributed by atoms with Crippen molar-refractivity contribution in [3.63, 3.8) is 0 Å². The number of pyridine rings is 1. The van der Waals surface area contributed by atoms with E-state index in [0.717, 1.165) is 29.3 Å². The standard InChI is InChI=1S/C17H27N3OSi/c1-13-7-8-16(18-11-13)17-14(2)19-20(15(17)3)12-21-9-10-22(4,5)6/h7-8,11H,9-10,12H2,1-6H3. The van der Waals surface area contributed by atoms with Gasteiger partial charge in [0.2, 0.25) is 0 Å². The summed E-state index contributed by atoms with van der Waals surface area (Å²) in [5.41, 5.74) is 5.38. The minimum atomic E-state index is -1.04. The van der Waals surface area contributed by atoms with Crippen LogP contribution in [0.3, 0.4) is 0 Å². The second-order valence-electron chi connectivity index (χ2n) is 7.11. The molecule has 0 N–H and O–H groups in total. The van der Waals surface area contributed by atoms with Crippen molar-refractivity contribution in [2.75, 3.05) is 6.61 Å². The minimum absolute atomic E-state index is 0.517. The highest BCUT2D eigenvalue weighted by Crippen LogP contribution is 2.25. The molecule has 0 aliphatic heterocycles. The fraction of sp³-hybridized carbons (Fsp3) is 0.529. The van der Waals surface area contributed by atoms with Gasteiger partial charge in [0.25, 0.3) is 0 Å². The van der Waals surface area contributed by atoms with Gasteiger partial charge in [0.1, 0.15) is 6.73 Å². The summed E-state index contributed by atoms with van der Waals surface area (Å²) in [7, 11) is -1.04. The van der Waals surface area contributed by atoms with Gasteiger partial charge in [-0.2, -0.15) is 5.10 Å². The van der Waals surface area contributed by atoms with Crippen LogP contribution >= 0.6 is 0 Å². The summed E-state index contributed by atoms with van der Waals surface area (Å²) >= 11 is 0. The van der Waals surface area contributed by atoms with Crippen LogP contribution in [0.15, 0.2) is 18.3 Å². The zero-order chi connectivity index (χ0) is 16.3. The zero-order valence-corrected chi connectivity index (χ0v) is 15.6. The molecule has 0 atom stereocenters. The third-order valence-electron chi connectivity index (χ3n) is 3.76. The van der Waals surface area contributed by atoms with E-state index in [2.05, 4.69) is 48.8 Å². The maximum absolute atomic E-state index is 5.81. The number of hydrogen-bond donors (Lipinski definition) is 0. The zero-order valence-electron chi connectivity index (χ0n) is 14.6. The molecule has 2 heterocycles. The lowest BCUT2D eigenvalue weighted by Crippen LogP contribution is -2.22. The van der Waals surface area contributed by atoms with Crippen molar-refractivity contribution in [2.24, 2.45) is 0 Å². The van der Waals surface area contributed by atoms with E-state index in [1.54, 1.807) is 0 Å². The van der Waals surface area contributed by atoms with Gasteiger partial charge in [0.15, 0.2) is 0 Å². The summed E-state index contributed by atoms with van der Waals surface area (Å²) < 4.78 is 7.76. The first kappa shape index (κ1) is 16.9. The van der Waals surface area contributed by atoms with Crippen molar-refractivity contribution in [1.29, 1.82) is 0 Å². The average Bonchev–Trinajstić information content (AvgIpc) is 2.70. The first-order valence-electron chi connectivity index (χ1n) is 7.83. The molecule has 0 aromatic carbocycles. The second-order valence-corrected chi connectivity index (χ2v) is 12.7. The van der Waals surface area contributed by atoms with Gasteiger partial charge in [-0.15, -0.1) is 0 Å². The van der Waals surface area contributed by atoms with Crippen LogP contribution in [0.1, 0.15) is 17.0 Å². The number of ether oxygens (including phenoxy) is 1. The Balaban J connectivity index is 2.09. The van der Waals surface area contributed by atoms with Gasteiger partial charge in [0.05, 0.1) is 11.4 Å². The third kappa shape index (κ3) is 4.27. The summed E-state index contributed by atoms with van der Waals surface area (Å²) in [6, 6.07) is 5.32. The molecule has 120 valence electrons. The Morgan fingerprint density at radius 3 is 2.45 bits per heavy atom. The molecule has 4 nitrogen and oxygen atoms in total. The molecule has 0 aliphatic carbocycles. The Kier molecular flexibility index (Phi) is 5.18. The van der Waals surface area contributed by atoms with Gasteiger partial charge in [-0.25, -0.2) is 4.68 Å². The molecular weight excluding hydrogens is 290 g/mol. The number of nitrogens with zero attached hydrogens (tertiary/aromatic N) is 3. The van der Waals surface area contributed by atoms with E-state index in [4.69, 9.17) is 4.74 Å². The lowest BCUT2D eigenvalue weighted by molar-refractivity contribution is 0.0770. The number of rotatable bonds is 6. The number of aromatic nitrogens is 3. The molecule has 0 saturated carbocycles. The summed E-state index contributed by atoms with van der Waals surface area (Å²) in [6.07, 6.45) is 1.90. The number of aryl methyl sites for hydroxylation is 2. The van der Waals surface area contributed by atoms with Crippen LogP contribution in [0.2, 0.25) is 25.7 Å². The molecule has 5 heteroatoms. The van der Waals surface area contributed by atoms with E-state index >= 15 is 0 Å². The maximum atomic E-state index is 5.81. The Morgan fingerprint density at radius 2 is 1.86 bits per heavy atom. The molecule has 0 spiro atoms. The Hall–Kier alpha value is -1.46. The monoisotopic (exact) mass is 317 g/mol. The lowest BCUT2D eigenvalue weighted by Gasteiger charge is -2.15. The summed E-state index contributed by atoms with van der Waals surface area (Å²) in [5, 5.41) is 4.61. The molecule has 2 aromatic heterocycles. The predicted octanol–water partition coefficient (Wildman–Crippen LogP) is 4.18. The van der Waals surface area contributed by atoms with Crippen LogP contribution in [0.5, 0.6) is 0 Å². The van der Waals surface area contributed by atoms with Crippen LogP contribution in [0.25, 0.3) is 11.3 Å². The van der Waals surface area contributed by atoms with Crippen molar-refractivity contribution < 1.29 is 4.74 Å². The third-order valence-corrected chi connectivity index (χ3v) is 5.46. The molecule has 0 fully saturated rings. The van der Waals surface area contributed by atoms with E-state index in [0.29, 0.717) is 6.73 Å². The van der Waals surface area contributed by atoms with E-state index < -0.39 is 8.07 Å². The van der Waals surface area contributed by atoms with Crippen LogP contribution < -0.4 is 0 Å². The molecule has 2 aromatic rings. The summed E-state index contributed by atoms with van der Waals surface area (Å²) in [6.45, 7) is 14.6. The molecule has 0 unspecified atom stereocenters. The van der Waals surface area contributed by atoms with Crippen molar-refractivity contribution in [2.45, 2.75) is 53.2 Å². The van der Waals surface area contributed by atoms with Crippen LogP contribution in [0, 0.1) is 20.8 Å². The van der Waals surface area contributed by atoms with Crippen LogP contribution in [0.4, 0.5) is 0 Å². The fourth-order valence-electron chi connectivity index (χ4n) is 2.34. The predicted molar refractivity (Wildman–Crippen MR) is 93.8 cm³/mol. The second kappa shape index (κ2) is 6.75. The van der Waals surface area contributed by atoms with Crippen molar-refractivity contribution in [3.05, 3.63) is 35.3 Å². The van der Waals surface area contributed by atoms with Crippen LogP contribution in [-0.2, 0) is 11.5 Å². The highest BCUT2D eigenvalue weighted by Gasteiger charge is 2.15. The smallest absolute Gasteiger partial charge is 0.139 e. The van der Waals surface area contributed by atoms with Gasteiger partial charge >= 0.3 is 0 Å². The van der Waals surface area contributed by atoms with Gasteiger partial charge < -0.3 is 4.74 Å². The quantitative estimate of drug-likeness (QED) is 0.592. The SMILES string of the molecule is Cc1ccc(-c2c(C)nn(COCC[Si](C)(C)C)c2C)nc1. The minimum Gasteiger partial charge on any atom is -0.360 e. The Bertz CT molecular complexity index is 627. The molecule has 22 heavy (non-hydrogen) atoms. The molecule has 0 aliphatic rings. The first-order chi connectivity index (χ1) is 10.3. The molecule has 0 bridgehead atoms. The molecule has 0 amide bonds. The highest BCUT2D eigenvalue weighted by molar-refractivity contribution is 6.76. The van der Waals surface area contributed by atoms with E-state index in [1.165, 1.54) is 11.6 Å². The first-order valence-corrected chi connectivity index (χ1v) is 11.5. The summed E-state index contributed by atoms with van der Waals surface area (Å²) in [5.74, 6) is 0. The average molecular weight is 318 g/mol. The van der Waals surface area contributed by atoms with Gasteiger partial charge in [-0.3, -0.25) is 4.98 Å². The van der Waals surface area contributed by atoms with Crippen LogP contribution in [-0.4, -0.2) is 29.4 Å². The van der Waals surface area contributed by atoms with Crippen molar-refractivity contribution >= 4 is 8.07 Å². The van der Waals surface area contributed by atoms with E-state index in [9.17, 15) is 0 Å². The maximum Gasteiger partial charge on any atom is 0.139 e. The van der Waals surface area contributed by atoms with Gasteiger partial charge in [-0.05, 0) is 38.4 Å². The Morgan fingerprint density at radius 1 is 1.14 bits per heavy atom. The normalized spacial score (nSPS) is 11.9. The topological polar surface area (TPSA) is 39.9 Å². The summed E-state index contributed by atoms with van der Waals surface area (Å²) in [4.78, 5) is 4.52. The Labute approximate surface area is 134 Å². The van der Waals surface area contributed by atoms with Crippen molar-refractivity contribution in [3.8, 4) is 11.3 Å². The van der Waals surface area contributed by atoms with Crippen molar-refractivity contribution in [1.82, 2.24) is 14.8 Å². The van der Waals surface area contributed by atoms with E-state index in [-0.39, 0.29) is 0 Å². The highest BCUT2D eigenvalue weighted by atomic mass is 28.3. The van der Waals surface area contributed by atoms with Gasteiger partial charge in [-0.1, -0.05) is 25.7 Å². The molecule has 0 radical (unpaired) electrons.